The molecule has 2 aromatic rings. The fourth-order valence-corrected chi connectivity index (χ4v) is 7.87. The van der Waals surface area contributed by atoms with E-state index < -0.39 is 29.1 Å². The lowest BCUT2D eigenvalue weighted by Crippen LogP contribution is -2.56. The van der Waals surface area contributed by atoms with E-state index in [4.69, 9.17) is 16.3 Å². The summed E-state index contributed by atoms with van der Waals surface area (Å²) < 4.78 is 7.08. The second-order valence-corrected chi connectivity index (χ2v) is 12.6. The predicted molar refractivity (Wildman–Crippen MR) is 169 cm³/mol. The number of carbonyl (C=O) groups is 3. The summed E-state index contributed by atoms with van der Waals surface area (Å²) in [6, 6.07) is 16.1. The smallest absolute Gasteiger partial charge is 0.253 e. The average Bonchev–Trinajstić information content (AvgIpc) is 3.32. The Bertz CT molecular complexity index is 1460. The molecule has 0 aliphatic carbocycles. The van der Waals surface area contributed by atoms with E-state index in [1.807, 2.05) is 73.7 Å². The van der Waals surface area contributed by atoms with E-state index in [0.29, 0.717) is 49.6 Å². The van der Waals surface area contributed by atoms with Crippen LogP contribution in [0.15, 0.2) is 78.9 Å². The molecule has 1 unspecified atom stereocenters. The van der Waals surface area contributed by atoms with Crippen molar-refractivity contribution in [3.8, 4) is 0 Å². The first-order chi connectivity index (χ1) is 21.4. The van der Waals surface area contributed by atoms with E-state index in [1.165, 1.54) is 0 Å². The van der Waals surface area contributed by atoms with Crippen LogP contribution in [-0.2, 0) is 25.7 Å². The van der Waals surface area contributed by atoms with Gasteiger partial charge in [0.1, 0.15) is 11.6 Å². The summed E-state index contributed by atoms with van der Waals surface area (Å²) >= 11 is 6.58. The third-order valence-corrected chi connectivity index (χ3v) is 10.0. The van der Waals surface area contributed by atoms with Crippen LogP contribution < -0.4 is 4.90 Å². The van der Waals surface area contributed by atoms with Crippen molar-refractivity contribution in [2.24, 2.45) is 11.8 Å². The topological polar surface area (TPSA) is 90.4 Å². The predicted octanol–water partition coefficient (Wildman–Crippen LogP) is 4.76. The number of para-hydroxylation sites is 1. The highest BCUT2D eigenvalue weighted by atomic mass is 35.5. The van der Waals surface area contributed by atoms with E-state index in [-0.39, 0.29) is 30.9 Å². The van der Waals surface area contributed by atoms with Gasteiger partial charge < -0.3 is 24.5 Å². The Morgan fingerprint density at radius 3 is 2.34 bits per heavy atom. The minimum atomic E-state index is -1.31. The second-order valence-electron chi connectivity index (χ2n) is 12.2. The van der Waals surface area contributed by atoms with Crippen molar-refractivity contribution in [1.29, 1.82) is 0 Å². The molecule has 2 fully saturated rings. The minimum Gasteiger partial charge on any atom is -0.396 e. The molecule has 0 bridgehead atoms. The monoisotopic (exact) mass is 617 g/mol. The van der Waals surface area contributed by atoms with Crippen LogP contribution in [0.1, 0.15) is 44.6 Å². The Balaban J connectivity index is 1.42. The third kappa shape index (κ3) is 5.07. The van der Waals surface area contributed by atoms with Crippen LogP contribution in [0, 0.1) is 11.8 Å². The number of benzene rings is 2. The lowest BCUT2D eigenvalue weighted by molar-refractivity contribution is -0.150. The summed E-state index contributed by atoms with van der Waals surface area (Å²) in [5, 5.41) is 9.68. The highest BCUT2D eigenvalue weighted by Gasteiger charge is 2.75. The number of carbonyl (C=O) groups excluding carboxylic acids is 3. The average molecular weight is 618 g/mol. The Hall–Kier alpha value is -3.46. The van der Waals surface area contributed by atoms with Gasteiger partial charge in [0.25, 0.3) is 5.91 Å². The largest absolute Gasteiger partial charge is 0.396 e. The number of likely N-dealkylation sites (tertiary alicyclic amines) is 1. The number of nitrogens with zero attached hydrogens (tertiary/aromatic N) is 3. The fourth-order valence-electron chi connectivity index (χ4n) is 7.63. The molecule has 4 heterocycles. The summed E-state index contributed by atoms with van der Waals surface area (Å²) in [7, 11) is 0. The van der Waals surface area contributed by atoms with Crippen molar-refractivity contribution in [3.63, 3.8) is 0 Å². The minimum absolute atomic E-state index is 0.121. The lowest BCUT2D eigenvalue weighted by atomic mass is 9.73. The van der Waals surface area contributed by atoms with Crippen LogP contribution >= 0.6 is 11.6 Å². The number of halogens is 1. The lowest BCUT2D eigenvalue weighted by Gasteiger charge is -2.38. The summed E-state index contributed by atoms with van der Waals surface area (Å²) in [4.78, 5) is 49.0. The number of hydrogen-bond donors (Lipinski definition) is 1. The zero-order valence-electron chi connectivity index (χ0n) is 25.1. The Morgan fingerprint density at radius 2 is 1.59 bits per heavy atom. The molecular formula is C35H40ClN3O5. The molecule has 44 heavy (non-hydrogen) atoms. The first-order valence-electron chi connectivity index (χ1n) is 15.7. The van der Waals surface area contributed by atoms with Crippen molar-refractivity contribution in [2.75, 3.05) is 31.1 Å². The summed E-state index contributed by atoms with van der Waals surface area (Å²) in [6.45, 7) is 3.55. The molecule has 9 heteroatoms. The first-order valence-corrected chi connectivity index (χ1v) is 16.1. The van der Waals surface area contributed by atoms with E-state index in [1.54, 1.807) is 26.8 Å². The molecule has 232 valence electrons. The maximum Gasteiger partial charge on any atom is 0.253 e. The molecule has 2 aromatic carbocycles. The molecule has 1 spiro atoms. The number of hydrogen-bond acceptors (Lipinski definition) is 5. The molecule has 5 atom stereocenters. The van der Waals surface area contributed by atoms with Crippen LogP contribution in [0.5, 0.6) is 0 Å². The van der Waals surface area contributed by atoms with E-state index in [0.717, 1.165) is 18.4 Å². The molecule has 3 amide bonds. The summed E-state index contributed by atoms with van der Waals surface area (Å²) in [6.07, 6.45) is 11.2. The van der Waals surface area contributed by atoms with Crippen LogP contribution in [0.2, 0.25) is 5.02 Å². The van der Waals surface area contributed by atoms with Crippen molar-refractivity contribution < 1.29 is 24.2 Å². The van der Waals surface area contributed by atoms with Gasteiger partial charge in [-0.25, -0.2) is 0 Å². The number of amides is 3. The number of fused-ring (bicyclic) bond motifs is 2. The van der Waals surface area contributed by atoms with Gasteiger partial charge in [0.2, 0.25) is 11.8 Å². The summed E-state index contributed by atoms with van der Waals surface area (Å²) in [5.41, 5.74) is -0.765. The Morgan fingerprint density at radius 1 is 0.864 bits per heavy atom. The van der Waals surface area contributed by atoms with Gasteiger partial charge in [-0.3, -0.25) is 14.4 Å². The molecule has 4 aliphatic rings. The van der Waals surface area contributed by atoms with E-state index >= 15 is 0 Å². The SMILES string of the molecule is CC[C@]12C=CCN(Cc3ccccc3)C(=O)[C@H]1[C@H]1C(=O)N(CCCCCCO)C3C(=O)N(c4ccccc4Cl)CC=C[C@@]31O2. The number of ether oxygens (including phenoxy) is 1. The highest BCUT2D eigenvalue weighted by Crippen LogP contribution is 2.58. The number of rotatable bonds is 10. The van der Waals surface area contributed by atoms with Crippen LogP contribution in [0.3, 0.4) is 0 Å². The Labute approximate surface area is 263 Å². The van der Waals surface area contributed by atoms with Gasteiger partial charge in [-0.1, -0.05) is 98.1 Å². The molecule has 8 nitrogen and oxygen atoms in total. The van der Waals surface area contributed by atoms with E-state index in [9.17, 15) is 19.5 Å². The van der Waals surface area contributed by atoms with Crippen molar-refractivity contribution in [3.05, 3.63) is 89.5 Å². The standard InChI is InChI=1S/C35H40ClN3O5/c1-2-34-18-12-20-37(24-25-14-6-5-7-15-25)31(41)28(34)29-32(42)39(21-10-3-4-11-23-40)30-33(43)38(22-13-19-35(29,30)44-34)27-17-9-8-16-26(27)36/h5-9,12-19,28-30,40H,2-4,10-11,20-24H2,1H3/t28-,29+,30?,34+,35+/m1/s1. The number of aliphatic hydroxyl groups is 1. The Kier molecular flexibility index (Phi) is 8.68. The van der Waals surface area contributed by atoms with Gasteiger partial charge in [-0.05, 0) is 37.0 Å². The molecule has 0 saturated carbocycles. The fraction of sp³-hybridized carbons (Fsp3) is 0.457. The van der Waals surface area contributed by atoms with Crippen LogP contribution in [0.4, 0.5) is 5.69 Å². The zero-order chi connectivity index (χ0) is 30.9. The van der Waals surface area contributed by atoms with Gasteiger partial charge >= 0.3 is 0 Å². The number of aliphatic hydroxyl groups excluding tert-OH is 1. The van der Waals surface area contributed by atoms with Crippen LogP contribution in [-0.4, -0.2) is 76.1 Å². The van der Waals surface area contributed by atoms with Crippen molar-refractivity contribution in [1.82, 2.24) is 9.80 Å². The molecule has 1 N–H and O–H groups in total. The zero-order valence-corrected chi connectivity index (χ0v) is 25.9. The normalized spacial score (nSPS) is 29.5. The van der Waals surface area contributed by atoms with Gasteiger partial charge in [-0.15, -0.1) is 0 Å². The molecular weight excluding hydrogens is 578 g/mol. The highest BCUT2D eigenvalue weighted by molar-refractivity contribution is 6.34. The second kappa shape index (κ2) is 12.5. The molecule has 4 aliphatic heterocycles. The van der Waals surface area contributed by atoms with Crippen LogP contribution in [0.25, 0.3) is 0 Å². The third-order valence-electron chi connectivity index (χ3n) is 9.69. The molecule has 0 radical (unpaired) electrons. The van der Waals surface area contributed by atoms with Crippen molar-refractivity contribution in [2.45, 2.75) is 62.8 Å². The van der Waals surface area contributed by atoms with E-state index in [2.05, 4.69) is 0 Å². The van der Waals surface area contributed by atoms with Gasteiger partial charge in [0, 0.05) is 32.8 Å². The maximum absolute atomic E-state index is 14.7. The molecule has 0 aromatic heterocycles. The van der Waals surface area contributed by atoms with Gasteiger partial charge in [-0.2, -0.15) is 0 Å². The maximum atomic E-state index is 14.7. The first kappa shape index (κ1) is 30.6. The van der Waals surface area contributed by atoms with Gasteiger partial charge in [0.05, 0.1) is 28.1 Å². The molecule has 6 rings (SSSR count). The molecule has 2 saturated heterocycles. The summed E-state index contributed by atoms with van der Waals surface area (Å²) in [5.74, 6) is -2.26. The van der Waals surface area contributed by atoms with Crippen molar-refractivity contribution >= 4 is 35.0 Å². The number of anilines is 1. The van der Waals surface area contributed by atoms with Gasteiger partial charge in [0.15, 0.2) is 0 Å². The quantitative estimate of drug-likeness (QED) is 0.307. The number of unbranched alkanes of at least 4 members (excludes halogenated alkanes) is 3.